The number of aryl methyl sites for hydroxylation is 1. The third-order valence-electron chi connectivity index (χ3n) is 3.10. The first-order valence-corrected chi connectivity index (χ1v) is 6.46. The van der Waals surface area contributed by atoms with E-state index in [2.05, 4.69) is 16.0 Å². The number of imidazole rings is 1. The van der Waals surface area contributed by atoms with E-state index in [0.717, 1.165) is 17.1 Å². The molecule has 0 atom stereocenters. The zero-order valence-electron chi connectivity index (χ0n) is 11.5. The summed E-state index contributed by atoms with van der Waals surface area (Å²) in [4.78, 5) is 8.85. The summed E-state index contributed by atoms with van der Waals surface area (Å²) in [7, 11) is 0. The molecule has 0 amide bonds. The van der Waals surface area contributed by atoms with Gasteiger partial charge >= 0.3 is 0 Å². The summed E-state index contributed by atoms with van der Waals surface area (Å²) in [6.45, 7) is 1.86. The zero-order valence-corrected chi connectivity index (χ0v) is 11.5. The molecule has 0 aliphatic heterocycles. The van der Waals surface area contributed by atoms with Gasteiger partial charge in [0.05, 0.1) is 11.6 Å². The number of anilines is 1. The molecule has 0 spiro atoms. The lowest BCUT2D eigenvalue weighted by Gasteiger charge is -2.09. The first-order chi connectivity index (χ1) is 10.2. The Hall–Kier alpha value is -3.13. The highest BCUT2D eigenvalue weighted by atomic mass is 15.1. The Kier molecular flexibility index (Phi) is 3.13. The number of rotatable bonds is 2. The standard InChI is InChI=1S/C16H13N5/c1-11-7-12(10-17)8-15(20-11)21-6-5-19-16(21)13-3-2-4-14(18)9-13/h2-9H,18H2,1H3. The second kappa shape index (κ2) is 5.10. The second-order valence-electron chi connectivity index (χ2n) is 4.71. The minimum Gasteiger partial charge on any atom is -0.399 e. The quantitative estimate of drug-likeness (QED) is 0.729. The normalized spacial score (nSPS) is 10.3. The summed E-state index contributed by atoms with van der Waals surface area (Å²) in [6.07, 6.45) is 3.52. The lowest BCUT2D eigenvalue weighted by atomic mass is 10.2. The van der Waals surface area contributed by atoms with Crippen LogP contribution in [0.1, 0.15) is 11.3 Å². The van der Waals surface area contributed by atoms with Crippen LogP contribution in [0.2, 0.25) is 0 Å². The van der Waals surface area contributed by atoms with Crippen molar-refractivity contribution in [1.29, 1.82) is 5.26 Å². The van der Waals surface area contributed by atoms with Crippen molar-refractivity contribution >= 4 is 5.69 Å². The van der Waals surface area contributed by atoms with Crippen molar-refractivity contribution in [3.8, 4) is 23.3 Å². The number of nitriles is 1. The smallest absolute Gasteiger partial charge is 0.145 e. The Morgan fingerprint density at radius 3 is 2.86 bits per heavy atom. The van der Waals surface area contributed by atoms with Gasteiger partial charge in [-0.05, 0) is 31.2 Å². The maximum atomic E-state index is 9.09. The van der Waals surface area contributed by atoms with Gasteiger partial charge in [-0.15, -0.1) is 0 Å². The number of pyridine rings is 1. The van der Waals surface area contributed by atoms with Crippen molar-refractivity contribution in [3.63, 3.8) is 0 Å². The Balaban J connectivity index is 2.16. The van der Waals surface area contributed by atoms with Crippen LogP contribution in [0.4, 0.5) is 5.69 Å². The summed E-state index contributed by atoms with van der Waals surface area (Å²) in [6, 6.07) is 13.1. The van der Waals surface area contributed by atoms with Crippen LogP contribution in [0, 0.1) is 18.3 Å². The minimum atomic E-state index is 0.574. The molecule has 0 radical (unpaired) electrons. The fourth-order valence-electron chi connectivity index (χ4n) is 2.22. The molecule has 102 valence electrons. The first-order valence-electron chi connectivity index (χ1n) is 6.46. The molecule has 0 aliphatic carbocycles. The van der Waals surface area contributed by atoms with Gasteiger partial charge in [-0.25, -0.2) is 9.97 Å². The molecule has 1 aromatic carbocycles. The van der Waals surface area contributed by atoms with E-state index in [1.165, 1.54) is 0 Å². The highest BCUT2D eigenvalue weighted by molar-refractivity contribution is 5.63. The van der Waals surface area contributed by atoms with Crippen LogP contribution in [0.5, 0.6) is 0 Å². The van der Waals surface area contributed by atoms with Crippen LogP contribution in [-0.4, -0.2) is 14.5 Å². The molecule has 5 nitrogen and oxygen atoms in total. The van der Waals surface area contributed by atoms with Gasteiger partial charge in [-0.2, -0.15) is 5.26 Å². The van der Waals surface area contributed by atoms with E-state index in [4.69, 9.17) is 11.0 Å². The Labute approximate surface area is 122 Å². The molecule has 0 saturated heterocycles. The fourth-order valence-corrected chi connectivity index (χ4v) is 2.22. The lowest BCUT2D eigenvalue weighted by Crippen LogP contribution is -2.01. The number of nitrogen functional groups attached to an aromatic ring is 1. The van der Waals surface area contributed by atoms with Crippen LogP contribution in [0.3, 0.4) is 0 Å². The molecular weight excluding hydrogens is 262 g/mol. The maximum absolute atomic E-state index is 9.09. The number of hydrogen-bond donors (Lipinski definition) is 1. The largest absolute Gasteiger partial charge is 0.399 e. The van der Waals surface area contributed by atoms with Gasteiger partial charge in [0.1, 0.15) is 11.6 Å². The van der Waals surface area contributed by atoms with Crippen LogP contribution in [-0.2, 0) is 0 Å². The number of nitrogens with zero attached hydrogens (tertiary/aromatic N) is 4. The highest BCUT2D eigenvalue weighted by Crippen LogP contribution is 2.22. The van der Waals surface area contributed by atoms with Crippen LogP contribution in [0.25, 0.3) is 17.2 Å². The molecule has 5 heteroatoms. The topological polar surface area (TPSA) is 80.5 Å². The van der Waals surface area contributed by atoms with Crippen molar-refractivity contribution in [3.05, 3.63) is 60.0 Å². The van der Waals surface area contributed by atoms with Crippen molar-refractivity contribution in [2.45, 2.75) is 6.92 Å². The van der Waals surface area contributed by atoms with Gasteiger partial charge in [0.15, 0.2) is 0 Å². The second-order valence-corrected chi connectivity index (χ2v) is 4.71. The summed E-state index contributed by atoms with van der Waals surface area (Å²) in [5, 5.41) is 9.09. The van der Waals surface area contributed by atoms with Crippen molar-refractivity contribution in [1.82, 2.24) is 14.5 Å². The maximum Gasteiger partial charge on any atom is 0.145 e. The lowest BCUT2D eigenvalue weighted by molar-refractivity contribution is 0.981. The van der Waals surface area contributed by atoms with Gasteiger partial charge < -0.3 is 5.73 Å². The number of aromatic nitrogens is 3. The number of benzene rings is 1. The first kappa shape index (κ1) is 12.9. The van der Waals surface area contributed by atoms with Crippen LogP contribution >= 0.6 is 0 Å². The average Bonchev–Trinajstić information content (AvgIpc) is 2.96. The summed E-state index contributed by atoms with van der Waals surface area (Å²) in [5.74, 6) is 1.41. The molecular formula is C16H13N5. The van der Waals surface area contributed by atoms with Crippen molar-refractivity contribution in [2.24, 2.45) is 0 Å². The van der Waals surface area contributed by atoms with Crippen molar-refractivity contribution < 1.29 is 0 Å². The predicted octanol–water partition coefficient (Wildman–Crippen LogP) is 2.70. The van der Waals surface area contributed by atoms with E-state index >= 15 is 0 Å². The molecule has 0 fully saturated rings. The van der Waals surface area contributed by atoms with E-state index in [9.17, 15) is 0 Å². The molecule has 0 unspecified atom stereocenters. The van der Waals surface area contributed by atoms with E-state index in [0.29, 0.717) is 17.1 Å². The van der Waals surface area contributed by atoms with Crippen LogP contribution < -0.4 is 5.73 Å². The fraction of sp³-hybridized carbons (Fsp3) is 0.0625. The molecule has 3 aromatic rings. The molecule has 2 heterocycles. The van der Waals surface area contributed by atoms with E-state index in [1.807, 2.05) is 42.0 Å². The van der Waals surface area contributed by atoms with E-state index in [1.54, 1.807) is 18.3 Å². The molecule has 2 N–H and O–H groups in total. The number of hydrogen-bond acceptors (Lipinski definition) is 4. The Morgan fingerprint density at radius 1 is 1.24 bits per heavy atom. The van der Waals surface area contributed by atoms with Gasteiger partial charge in [0.25, 0.3) is 0 Å². The van der Waals surface area contributed by atoms with Gasteiger partial charge in [-0.1, -0.05) is 12.1 Å². The monoisotopic (exact) mass is 275 g/mol. The molecule has 0 aliphatic rings. The van der Waals surface area contributed by atoms with E-state index in [-0.39, 0.29) is 0 Å². The highest BCUT2D eigenvalue weighted by Gasteiger charge is 2.10. The third-order valence-corrected chi connectivity index (χ3v) is 3.10. The van der Waals surface area contributed by atoms with Gasteiger partial charge in [0, 0.05) is 29.3 Å². The van der Waals surface area contributed by atoms with Gasteiger partial charge in [-0.3, -0.25) is 4.57 Å². The average molecular weight is 275 g/mol. The summed E-state index contributed by atoms with van der Waals surface area (Å²) >= 11 is 0. The molecule has 2 aromatic heterocycles. The van der Waals surface area contributed by atoms with E-state index < -0.39 is 0 Å². The van der Waals surface area contributed by atoms with Crippen molar-refractivity contribution in [2.75, 3.05) is 5.73 Å². The Bertz CT molecular complexity index is 842. The summed E-state index contributed by atoms with van der Waals surface area (Å²) in [5.41, 5.74) is 8.77. The summed E-state index contributed by atoms with van der Waals surface area (Å²) < 4.78 is 1.85. The third kappa shape index (κ3) is 2.47. The zero-order chi connectivity index (χ0) is 14.8. The molecule has 3 rings (SSSR count). The van der Waals surface area contributed by atoms with Gasteiger partial charge in [0.2, 0.25) is 0 Å². The minimum absolute atomic E-state index is 0.574. The SMILES string of the molecule is Cc1cc(C#N)cc(-n2ccnc2-c2cccc(N)c2)n1. The molecule has 0 saturated carbocycles. The van der Waals surface area contributed by atoms with Crippen LogP contribution in [0.15, 0.2) is 48.8 Å². The molecule has 0 bridgehead atoms. The Morgan fingerprint density at radius 2 is 2.10 bits per heavy atom. The predicted molar refractivity (Wildman–Crippen MR) is 80.7 cm³/mol. The molecule has 21 heavy (non-hydrogen) atoms. The number of nitrogens with two attached hydrogens (primary N) is 1.